The largest absolute Gasteiger partial charge is 0.478 e. The Bertz CT molecular complexity index is 1380. The van der Waals surface area contributed by atoms with Crippen LogP contribution in [0.2, 0.25) is 0 Å². The van der Waals surface area contributed by atoms with Gasteiger partial charge in [-0.1, -0.05) is 60.7 Å². The van der Waals surface area contributed by atoms with Crippen LogP contribution < -0.4 is 9.47 Å². The second-order valence-corrected chi connectivity index (χ2v) is 8.47. The van der Waals surface area contributed by atoms with Gasteiger partial charge in [0, 0.05) is 25.5 Å². The number of Topliss-reactive ketones (excluding diaryl/α,β-unsaturated/α-hetero) is 1. The van der Waals surface area contributed by atoms with Gasteiger partial charge in [0.05, 0.1) is 11.1 Å². The first kappa shape index (κ1) is 20.4. The smallest absolute Gasteiger partial charge is 0.231 e. The highest BCUT2D eigenvalue weighted by atomic mass is 16.5. The third-order valence-corrected chi connectivity index (χ3v) is 6.13. The Balaban J connectivity index is 1.24. The molecule has 3 heterocycles. The number of ketones is 1. The molecule has 1 aromatic heterocycles. The lowest BCUT2D eigenvalue weighted by Gasteiger charge is -2.29. The fourth-order valence-corrected chi connectivity index (χ4v) is 4.41. The first-order valence-electron chi connectivity index (χ1n) is 11.2. The molecular weight excluding hydrogens is 424 g/mol. The zero-order valence-corrected chi connectivity index (χ0v) is 18.5. The summed E-state index contributed by atoms with van der Waals surface area (Å²) >= 11 is 0. The Kier molecular flexibility index (Phi) is 5.17. The van der Waals surface area contributed by atoms with Gasteiger partial charge in [-0.05, 0) is 46.5 Å². The fourth-order valence-electron chi connectivity index (χ4n) is 4.41. The molecule has 0 saturated carbocycles. The summed E-state index contributed by atoms with van der Waals surface area (Å²) in [5.74, 6) is 1.60. The highest BCUT2D eigenvalue weighted by Crippen LogP contribution is 2.42. The minimum absolute atomic E-state index is 0.102. The van der Waals surface area contributed by atoms with Crippen molar-refractivity contribution in [2.24, 2.45) is 0 Å². The second kappa shape index (κ2) is 8.61. The number of hydrogen-bond acceptors (Lipinski definition) is 5. The van der Waals surface area contributed by atoms with Gasteiger partial charge in [-0.2, -0.15) is 0 Å². The first-order valence-corrected chi connectivity index (χ1v) is 11.2. The summed E-state index contributed by atoms with van der Waals surface area (Å²) < 4.78 is 12.1. The number of aromatic nitrogens is 1. The van der Waals surface area contributed by atoms with E-state index in [-0.39, 0.29) is 5.78 Å². The van der Waals surface area contributed by atoms with E-state index in [1.165, 1.54) is 0 Å². The minimum atomic E-state index is -0.102. The molecule has 0 unspecified atom stereocenters. The fraction of sp³-hybridized carbons (Fsp3) is 0.103. The van der Waals surface area contributed by atoms with E-state index >= 15 is 0 Å². The molecule has 4 aromatic rings. The van der Waals surface area contributed by atoms with Gasteiger partial charge >= 0.3 is 0 Å². The summed E-state index contributed by atoms with van der Waals surface area (Å²) in [5.41, 5.74) is 5.80. The first-order chi connectivity index (χ1) is 16.7. The maximum absolute atomic E-state index is 13.1. The summed E-state index contributed by atoms with van der Waals surface area (Å²) in [7, 11) is 0. The Hall–Kier alpha value is -4.22. The molecule has 0 bridgehead atoms. The Morgan fingerprint density at radius 1 is 0.912 bits per heavy atom. The number of benzene rings is 3. The van der Waals surface area contributed by atoms with Gasteiger partial charge in [0.1, 0.15) is 18.2 Å². The van der Waals surface area contributed by atoms with Crippen molar-refractivity contribution >= 4 is 11.9 Å². The van der Waals surface area contributed by atoms with Crippen molar-refractivity contribution in [1.82, 2.24) is 9.88 Å². The van der Waals surface area contributed by atoms with E-state index in [0.29, 0.717) is 36.9 Å². The van der Waals surface area contributed by atoms with Crippen LogP contribution in [0.1, 0.15) is 27.0 Å². The number of carbonyl (C=O) groups excluding carboxylic acids is 1. The normalized spacial score (nSPS) is 16.0. The number of allylic oxidation sites excluding steroid dienone is 1. The van der Waals surface area contributed by atoms with Gasteiger partial charge in [-0.25, -0.2) is 0 Å². The van der Waals surface area contributed by atoms with Crippen LogP contribution in [0.3, 0.4) is 0 Å². The standard InChI is InChI=1S/C29H22N2O3/c32-28-24-12-13-26-25(18-31(19-33-26)17-21-5-4-14-30-16-21)29(24)34-27(28)15-20-8-10-23(11-9-20)22-6-2-1-3-7-22/h1-16H,17-19H2. The molecule has 5 heteroatoms. The molecule has 0 atom stereocenters. The van der Waals surface area contributed by atoms with Crippen LogP contribution in [0.15, 0.2) is 97.0 Å². The number of rotatable bonds is 4. The van der Waals surface area contributed by atoms with Crippen LogP contribution in [-0.2, 0) is 13.1 Å². The lowest BCUT2D eigenvalue weighted by atomic mass is 10.0. The van der Waals surface area contributed by atoms with Gasteiger partial charge in [-0.3, -0.25) is 14.7 Å². The highest BCUT2D eigenvalue weighted by molar-refractivity contribution is 6.15. The van der Waals surface area contributed by atoms with Crippen LogP contribution in [0, 0.1) is 0 Å². The lowest BCUT2D eigenvalue weighted by Crippen LogP contribution is -2.31. The van der Waals surface area contributed by atoms with Crippen molar-refractivity contribution in [3.63, 3.8) is 0 Å². The minimum Gasteiger partial charge on any atom is -0.478 e. The molecule has 0 radical (unpaired) electrons. The van der Waals surface area contributed by atoms with Crippen LogP contribution >= 0.6 is 0 Å². The van der Waals surface area contributed by atoms with Gasteiger partial charge in [-0.15, -0.1) is 0 Å². The maximum Gasteiger partial charge on any atom is 0.231 e. The van der Waals surface area contributed by atoms with Crippen LogP contribution in [0.25, 0.3) is 17.2 Å². The molecule has 34 heavy (non-hydrogen) atoms. The summed E-state index contributed by atoms with van der Waals surface area (Å²) in [6.07, 6.45) is 5.43. The molecule has 0 spiro atoms. The van der Waals surface area contributed by atoms with Crippen molar-refractivity contribution in [3.8, 4) is 22.6 Å². The zero-order valence-electron chi connectivity index (χ0n) is 18.5. The molecule has 0 amide bonds. The van der Waals surface area contributed by atoms with Gasteiger partial charge in [0.2, 0.25) is 5.78 Å². The molecule has 5 nitrogen and oxygen atoms in total. The average molecular weight is 447 g/mol. The van der Waals surface area contributed by atoms with E-state index < -0.39 is 0 Å². The van der Waals surface area contributed by atoms with E-state index in [4.69, 9.17) is 9.47 Å². The van der Waals surface area contributed by atoms with Crippen molar-refractivity contribution in [3.05, 3.63) is 119 Å². The molecule has 3 aromatic carbocycles. The molecule has 166 valence electrons. The van der Waals surface area contributed by atoms with E-state index in [9.17, 15) is 4.79 Å². The van der Waals surface area contributed by atoms with Crippen LogP contribution in [-0.4, -0.2) is 22.4 Å². The molecular formula is C29H22N2O3. The Morgan fingerprint density at radius 2 is 1.74 bits per heavy atom. The lowest BCUT2D eigenvalue weighted by molar-refractivity contribution is 0.0872. The number of nitrogens with zero attached hydrogens (tertiary/aromatic N) is 2. The predicted octanol–water partition coefficient (Wildman–Crippen LogP) is 5.72. The molecule has 0 saturated heterocycles. The van der Waals surface area contributed by atoms with Crippen molar-refractivity contribution in [2.75, 3.05) is 6.73 Å². The molecule has 0 fully saturated rings. The zero-order chi connectivity index (χ0) is 22.9. The topological polar surface area (TPSA) is 51.7 Å². The SMILES string of the molecule is O=C1C(=Cc2ccc(-c3ccccc3)cc2)Oc2c1ccc1c2CN(Cc2cccnc2)CO1. The number of ether oxygens (including phenoxy) is 2. The summed E-state index contributed by atoms with van der Waals surface area (Å²) in [4.78, 5) is 19.4. The summed E-state index contributed by atoms with van der Waals surface area (Å²) in [6.45, 7) is 1.83. The molecule has 6 rings (SSSR count). The Labute approximate surface area is 197 Å². The number of pyridine rings is 1. The number of hydrogen-bond donors (Lipinski definition) is 0. The van der Waals surface area contributed by atoms with E-state index in [1.807, 2.05) is 54.7 Å². The maximum atomic E-state index is 13.1. The summed E-state index contributed by atoms with van der Waals surface area (Å²) in [5, 5.41) is 0. The molecule has 2 aliphatic heterocycles. The molecule has 0 N–H and O–H groups in total. The van der Waals surface area contributed by atoms with E-state index in [0.717, 1.165) is 33.6 Å². The van der Waals surface area contributed by atoms with Crippen LogP contribution in [0.4, 0.5) is 0 Å². The van der Waals surface area contributed by atoms with E-state index in [1.54, 1.807) is 18.3 Å². The van der Waals surface area contributed by atoms with Crippen molar-refractivity contribution < 1.29 is 14.3 Å². The van der Waals surface area contributed by atoms with Crippen molar-refractivity contribution in [1.29, 1.82) is 0 Å². The third-order valence-electron chi connectivity index (χ3n) is 6.13. The average Bonchev–Trinajstić information content (AvgIpc) is 3.21. The quantitative estimate of drug-likeness (QED) is 0.376. The van der Waals surface area contributed by atoms with E-state index in [2.05, 4.69) is 34.1 Å². The number of carbonyl (C=O) groups is 1. The molecule has 0 aliphatic carbocycles. The Morgan fingerprint density at radius 3 is 2.53 bits per heavy atom. The highest BCUT2D eigenvalue weighted by Gasteiger charge is 2.33. The van der Waals surface area contributed by atoms with Gasteiger partial charge in [0.15, 0.2) is 5.76 Å². The molecule has 2 aliphatic rings. The monoisotopic (exact) mass is 446 g/mol. The number of fused-ring (bicyclic) bond motifs is 3. The van der Waals surface area contributed by atoms with Crippen molar-refractivity contribution in [2.45, 2.75) is 13.1 Å². The van der Waals surface area contributed by atoms with Gasteiger partial charge < -0.3 is 9.47 Å². The predicted molar refractivity (Wildman–Crippen MR) is 130 cm³/mol. The van der Waals surface area contributed by atoms with Gasteiger partial charge in [0.25, 0.3) is 0 Å². The summed E-state index contributed by atoms with van der Waals surface area (Å²) in [6, 6.07) is 26.0. The third kappa shape index (κ3) is 3.87. The second-order valence-electron chi connectivity index (χ2n) is 8.47. The van der Waals surface area contributed by atoms with Crippen LogP contribution in [0.5, 0.6) is 11.5 Å².